The molecule has 1 amide bonds. The number of aliphatic hydroxyl groups is 1. The van der Waals surface area contributed by atoms with Crippen molar-refractivity contribution in [2.24, 2.45) is 0 Å². The van der Waals surface area contributed by atoms with Crippen LogP contribution in [-0.4, -0.2) is 48.3 Å². The summed E-state index contributed by atoms with van der Waals surface area (Å²) in [6, 6.07) is 4.81. The third kappa shape index (κ3) is 2.75. The summed E-state index contributed by atoms with van der Waals surface area (Å²) in [6.45, 7) is 1.24. The van der Waals surface area contributed by atoms with E-state index in [0.29, 0.717) is 36.0 Å². The van der Waals surface area contributed by atoms with Gasteiger partial charge in [0.15, 0.2) is 0 Å². The van der Waals surface area contributed by atoms with Gasteiger partial charge in [0.25, 0.3) is 5.91 Å². The Bertz CT molecular complexity index is 453. The maximum absolute atomic E-state index is 12.2. The second-order valence-electron chi connectivity index (χ2n) is 4.16. The van der Waals surface area contributed by atoms with Crippen LogP contribution in [-0.2, 0) is 4.74 Å². The van der Waals surface area contributed by atoms with Crippen molar-refractivity contribution in [1.29, 1.82) is 0 Å². The quantitative estimate of drug-likeness (QED) is 0.778. The smallest absolute Gasteiger partial charge is 0.254 e. The summed E-state index contributed by atoms with van der Waals surface area (Å²) in [5.74, 6) is -0.126. The number of ether oxygens (including phenoxy) is 1. The van der Waals surface area contributed by atoms with Crippen LogP contribution in [0.1, 0.15) is 10.4 Å². The average molecular weight is 271 g/mol. The molecule has 1 aliphatic rings. The van der Waals surface area contributed by atoms with Gasteiger partial charge in [0.1, 0.15) is 0 Å². The monoisotopic (exact) mass is 270 g/mol. The number of anilines is 1. The van der Waals surface area contributed by atoms with Gasteiger partial charge < -0.3 is 20.5 Å². The molecule has 0 aromatic heterocycles. The fourth-order valence-corrected chi connectivity index (χ4v) is 2.04. The zero-order valence-corrected chi connectivity index (χ0v) is 10.6. The van der Waals surface area contributed by atoms with Crippen LogP contribution in [0.3, 0.4) is 0 Å². The van der Waals surface area contributed by atoms with E-state index in [4.69, 9.17) is 27.2 Å². The molecule has 1 atom stereocenters. The Morgan fingerprint density at radius 3 is 3.06 bits per heavy atom. The van der Waals surface area contributed by atoms with E-state index in [1.165, 1.54) is 0 Å². The summed E-state index contributed by atoms with van der Waals surface area (Å²) < 4.78 is 5.30. The number of carbonyl (C=O) groups excluding carboxylic acids is 1. The molecule has 1 saturated heterocycles. The summed E-state index contributed by atoms with van der Waals surface area (Å²) in [7, 11) is 0. The molecule has 0 bridgehead atoms. The number of amides is 1. The molecular formula is C12H15ClN2O3. The molecule has 0 radical (unpaired) electrons. The number of nitrogen functional groups attached to an aromatic ring is 1. The first-order valence-electron chi connectivity index (χ1n) is 5.68. The molecule has 18 heavy (non-hydrogen) atoms. The zero-order chi connectivity index (χ0) is 13.1. The van der Waals surface area contributed by atoms with Crippen LogP contribution >= 0.6 is 11.6 Å². The first-order valence-corrected chi connectivity index (χ1v) is 6.06. The lowest BCUT2D eigenvalue weighted by atomic mass is 10.1. The number of rotatable bonds is 2. The van der Waals surface area contributed by atoms with Gasteiger partial charge in [-0.15, -0.1) is 0 Å². The van der Waals surface area contributed by atoms with Crippen molar-refractivity contribution < 1.29 is 14.6 Å². The molecule has 0 aliphatic carbocycles. The molecule has 1 unspecified atom stereocenters. The number of carbonyl (C=O) groups is 1. The molecule has 1 fully saturated rings. The Labute approximate surface area is 110 Å². The Morgan fingerprint density at radius 1 is 1.61 bits per heavy atom. The fourth-order valence-electron chi connectivity index (χ4n) is 1.86. The SMILES string of the molecule is Nc1ccc(C(=O)N2CCOC(CO)C2)cc1Cl. The maximum atomic E-state index is 12.2. The number of benzene rings is 1. The van der Waals surface area contributed by atoms with Crippen molar-refractivity contribution in [1.82, 2.24) is 4.90 Å². The van der Waals surface area contributed by atoms with Gasteiger partial charge in [0, 0.05) is 18.7 Å². The van der Waals surface area contributed by atoms with E-state index in [-0.39, 0.29) is 18.6 Å². The Hall–Kier alpha value is -1.30. The summed E-state index contributed by atoms with van der Waals surface area (Å²) in [5, 5.41) is 9.41. The zero-order valence-electron chi connectivity index (χ0n) is 9.80. The summed E-state index contributed by atoms with van der Waals surface area (Å²) in [6.07, 6.45) is -0.313. The van der Waals surface area contributed by atoms with Gasteiger partial charge in [-0.3, -0.25) is 4.79 Å². The van der Waals surface area contributed by atoms with Gasteiger partial charge in [0.05, 0.1) is 30.0 Å². The molecule has 1 aromatic carbocycles. The van der Waals surface area contributed by atoms with Gasteiger partial charge in [-0.25, -0.2) is 0 Å². The van der Waals surface area contributed by atoms with E-state index in [9.17, 15) is 4.79 Å². The van der Waals surface area contributed by atoms with Crippen LogP contribution in [0.5, 0.6) is 0 Å². The second kappa shape index (κ2) is 5.56. The van der Waals surface area contributed by atoms with E-state index >= 15 is 0 Å². The Kier molecular flexibility index (Phi) is 4.06. The third-order valence-corrected chi connectivity index (χ3v) is 3.20. The summed E-state index contributed by atoms with van der Waals surface area (Å²) in [4.78, 5) is 13.9. The second-order valence-corrected chi connectivity index (χ2v) is 4.57. The molecule has 98 valence electrons. The van der Waals surface area contributed by atoms with Crippen molar-refractivity contribution in [2.75, 3.05) is 32.0 Å². The van der Waals surface area contributed by atoms with Gasteiger partial charge >= 0.3 is 0 Å². The highest BCUT2D eigenvalue weighted by atomic mass is 35.5. The third-order valence-electron chi connectivity index (χ3n) is 2.88. The Morgan fingerprint density at radius 2 is 2.39 bits per heavy atom. The lowest BCUT2D eigenvalue weighted by Gasteiger charge is -2.32. The molecule has 1 aliphatic heterocycles. The molecule has 1 heterocycles. The number of nitrogens with zero attached hydrogens (tertiary/aromatic N) is 1. The average Bonchev–Trinajstić information content (AvgIpc) is 2.41. The van der Waals surface area contributed by atoms with Crippen molar-refractivity contribution in [3.8, 4) is 0 Å². The topological polar surface area (TPSA) is 75.8 Å². The van der Waals surface area contributed by atoms with Gasteiger partial charge in [-0.2, -0.15) is 0 Å². The summed E-state index contributed by atoms with van der Waals surface area (Å²) in [5.41, 5.74) is 6.54. The fraction of sp³-hybridized carbons (Fsp3) is 0.417. The standard InChI is InChI=1S/C12H15ClN2O3/c13-10-5-8(1-2-11(10)14)12(17)15-3-4-18-9(6-15)7-16/h1-2,5,9,16H,3-4,6-7,14H2. The minimum absolute atomic E-state index is 0.0910. The number of hydrogen-bond donors (Lipinski definition) is 2. The molecule has 2 rings (SSSR count). The van der Waals surface area contributed by atoms with Crippen LogP contribution in [0.15, 0.2) is 18.2 Å². The van der Waals surface area contributed by atoms with Crippen LogP contribution in [0.25, 0.3) is 0 Å². The molecule has 1 aromatic rings. The number of hydrogen-bond acceptors (Lipinski definition) is 4. The number of aliphatic hydroxyl groups excluding tert-OH is 1. The highest BCUT2D eigenvalue weighted by Crippen LogP contribution is 2.21. The molecule has 6 heteroatoms. The largest absolute Gasteiger partial charge is 0.398 e. The lowest BCUT2D eigenvalue weighted by molar-refractivity contribution is -0.0447. The van der Waals surface area contributed by atoms with E-state index in [0.717, 1.165) is 0 Å². The number of morpholine rings is 1. The van der Waals surface area contributed by atoms with Crippen LogP contribution in [0.4, 0.5) is 5.69 Å². The van der Waals surface area contributed by atoms with Gasteiger partial charge in [-0.1, -0.05) is 11.6 Å². The highest BCUT2D eigenvalue weighted by Gasteiger charge is 2.24. The maximum Gasteiger partial charge on any atom is 0.254 e. The van der Waals surface area contributed by atoms with E-state index in [2.05, 4.69) is 0 Å². The van der Waals surface area contributed by atoms with Crippen molar-refractivity contribution in [3.05, 3.63) is 28.8 Å². The molecule has 0 saturated carbocycles. The van der Waals surface area contributed by atoms with Crippen LogP contribution in [0, 0.1) is 0 Å². The van der Waals surface area contributed by atoms with Crippen molar-refractivity contribution >= 4 is 23.2 Å². The molecular weight excluding hydrogens is 256 g/mol. The van der Waals surface area contributed by atoms with Crippen LogP contribution < -0.4 is 5.73 Å². The molecule has 0 spiro atoms. The molecule has 5 nitrogen and oxygen atoms in total. The van der Waals surface area contributed by atoms with Crippen molar-refractivity contribution in [2.45, 2.75) is 6.10 Å². The molecule has 3 N–H and O–H groups in total. The predicted molar refractivity (Wildman–Crippen MR) is 68.6 cm³/mol. The highest BCUT2D eigenvalue weighted by molar-refractivity contribution is 6.33. The first kappa shape index (κ1) is 13.1. The van der Waals surface area contributed by atoms with Gasteiger partial charge in [0.2, 0.25) is 0 Å². The van der Waals surface area contributed by atoms with Crippen molar-refractivity contribution in [3.63, 3.8) is 0 Å². The predicted octanol–water partition coefficient (Wildman–Crippen LogP) is 0.755. The minimum Gasteiger partial charge on any atom is -0.398 e. The lowest BCUT2D eigenvalue weighted by Crippen LogP contribution is -2.46. The number of nitrogens with two attached hydrogens (primary N) is 1. The minimum atomic E-state index is -0.313. The van der Waals surface area contributed by atoms with E-state index in [1.54, 1.807) is 23.1 Å². The summed E-state index contributed by atoms with van der Waals surface area (Å²) >= 11 is 5.89. The normalized spacial score (nSPS) is 19.9. The van der Waals surface area contributed by atoms with E-state index < -0.39 is 0 Å². The van der Waals surface area contributed by atoms with Crippen LogP contribution in [0.2, 0.25) is 5.02 Å². The first-order chi connectivity index (χ1) is 8.61. The number of halogens is 1. The Balaban J connectivity index is 2.12. The van der Waals surface area contributed by atoms with Gasteiger partial charge in [-0.05, 0) is 18.2 Å². The van der Waals surface area contributed by atoms with E-state index in [1.807, 2.05) is 0 Å².